The van der Waals surface area contributed by atoms with E-state index in [2.05, 4.69) is 15.6 Å². The summed E-state index contributed by atoms with van der Waals surface area (Å²) in [6, 6.07) is 17.3. The lowest BCUT2D eigenvalue weighted by atomic mass is 10.1. The quantitative estimate of drug-likeness (QED) is 0.348. The van der Waals surface area contributed by atoms with E-state index >= 15 is 0 Å². The number of amides is 1. The van der Waals surface area contributed by atoms with Crippen molar-refractivity contribution in [1.82, 2.24) is 20.5 Å². The minimum Gasteiger partial charge on any atom is -0.496 e. The van der Waals surface area contributed by atoms with Crippen LogP contribution in [0.2, 0.25) is 10.0 Å². The van der Waals surface area contributed by atoms with Crippen LogP contribution < -0.4 is 15.0 Å². The highest BCUT2D eigenvalue weighted by Crippen LogP contribution is 2.30. The number of methoxy groups -OCH3 is 1. The molecular weight excluding hydrogens is 503 g/mol. The molecule has 0 unspecified atom stereocenters. The third-order valence-corrected chi connectivity index (χ3v) is 6.60. The first kappa shape index (κ1) is 23.7. The lowest BCUT2D eigenvalue weighted by molar-refractivity contribution is 0.0945. The van der Waals surface area contributed by atoms with Crippen molar-refractivity contribution in [3.8, 4) is 28.7 Å². The minimum atomic E-state index is -4.11. The molecule has 0 fully saturated rings. The van der Waals surface area contributed by atoms with E-state index in [9.17, 15) is 13.2 Å². The lowest BCUT2D eigenvalue weighted by Crippen LogP contribution is -2.41. The molecule has 2 N–H and O–H groups in total. The van der Waals surface area contributed by atoms with Gasteiger partial charge >= 0.3 is 0 Å². The predicted molar refractivity (Wildman–Crippen MR) is 126 cm³/mol. The monoisotopic (exact) mass is 518 g/mol. The first-order valence-corrected chi connectivity index (χ1v) is 11.9. The largest absolute Gasteiger partial charge is 0.496 e. The lowest BCUT2D eigenvalue weighted by Gasteiger charge is -2.10. The Morgan fingerprint density at radius 3 is 2.38 bits per heavy atom. The van der Waals surface area contributed by atoms with Gasteiger partial charge in [-0.1, -0.05) is 35.3 Å². The Morgan fingerprint density at radius 2 is 1.68 bits per heavy atom. The van der Waals surface area contributed by atoms with Gasteiger partial charge in [-0.15, -0.1) is 15.0 Å². The second kappa shape index (κ2) is 9.82. The van der Waals surface area contributed by atoms with Gasteiger partial charge in [-0.05, 0) is 54.6 Å². The molecule has 0 aliphatic rings. The van der Waals surface area contributed by atoms with Gasteiger partial charge in [0.25, 0.3) is 21.8 Å². The minimum absolute atomic E-state index is 0.0781. The number of hydrazine groups is 1. The molecule has 174 valence electrons. The number of benzene rings is 3. The van der Waals surface area contributed by atoms with E-state index in [4.69, 9.17) is 32.4 Å². The molecule has 1 aromatic heterocycles. The van der Waals surface area contributed by atoms with Crippen molar-refractivity contribution in [3.05, 3.63) is 82.3 Å². The zero-order valence-electron chi connectivity index (χ0n) is 17.5. The maximum absolute atomic E-state index is 12.4. The molecule has 9 nitrogen and oxygen atoms in total. The fourth-order valence-electron chi connectivity index (χ4n) is 2.97. The number of carbonyl (C=O) groups is 1. The summed E-state index contributed by atoms with van der Waals surface area (Å²) >= 11 is 11.7. The number of halogens is 2. The van der Waals surface area contributed by atoms with Gasteiger partial charge in [-0.2, -0.15) is 0 Å². The molecule has 0 aliphatic carbocycles. The summed E-state index contributed by atoms with van der Waals surface area (Å²) in [5.74, 6) is 0.433. The molecule has 1 amide bonds. The summed E-state index contributed by atoms with van der Waals surface area (Å²) in [6.07, 6.45) is 0. The molecule has 0 saturated carbocycles. The molecule has 0 saturated heterocycles. The molecule has 0 aliphatic heterocycles. The van der Waals surface area contributed by atoms with Gasteiger partial charge < -0.3 is 9.15 Å². The Morgan fingerprint density at radius 1 is 0.971 bits per heavy atom. The predicted octanol–water partition coefficient (Wildman–Crippen LogP) is 4.34. The topological polar surface area (TPSA) is 123 Å². The SMILES string of the molecule is COc1ccccc1-c1nnc(-c2ccc(C(=O)NNS(=O)(=O)c3ccc(Cl)cc3Cl)cc2)o1. The Hall–Kier alpha value is -3.44. The average Bonchev–Trinajstić information content (AvgIpc) is 3.32. The normalized spacial score (nSPS) is 11.3. The van der Waals surface area contributed by atoms with Crippen LogP contribution in [0.5, 0.6) is 5.75 Å². The molecule has 1 heterocycles. The molecule has 3 aromatic carbocycles. The highest BCUT2D eigenvalue weighted by Gasteiger charge is 2.20. The second-order valence-electron chi connectivity index (χ2n) is 6.82. The van der Waals surface area contributed by atoms with Crippen LogP contribution in [0.15, 0.2) is 76.0 Å². The number of carbonyl (C=O) groups excluding carboxylic acids is 1. The van der Waals surface area contributed by atoms with E-state index < -0.39 is 15.9 Å². The van der Waals surface area contributed by atoms with E-state index in [0.717, 1.165) is 0 Å². The number of nitrogens with zero attached hydrogens (tertiary/aromatic N) is 2. The van der Waals surface area contributed by atoms with Crippen LogP contribution in [-0.2, 0) is 10.0 Å². The maximum atomic E-state index is 12.4. The summed E-state index contributed by atoms with van der Waals surface area (Å²) in [4.78, 5) is 14.2. The van der Waals surface area contributed by atoms with Crippen molar-refractivity contribution >= 4 is 39.1 Å². The van der Waals surface area contributed by atoms with Crippen molar-refractivity contribution in [2.75, 3.05) is 7.11 Å². The summed E-state index contributed by atoms with van der Waals surface area (Å²) in [5, 5.41) is 8.30. The van der Waals surface area contributed by atoms with Crippen LogP contribution in [0.25, 0.3) is 22.9 Å². The van der Waals surface area contributed by atoms with Gasteiger partial charge in [-0.3, -0.25) is 10.2 Å². The van der Waals surface area contributed by atoms with Crippen LogP contribution >= 0.6 is 23.2 Å². The highest BCUT2D eigenvalue weighted by molar-refractivity contribution is 7.89. The number of sulfonamides is 1. The second-order valence-corrected chi connectivity index (χ2v) is 9.32. The summed E-state index contributed by atoms with van der Waals surface area (Å²) in [7, 11) is -2.56. The number of nitrogens with one attached hydrogen (secondary N) is 2. The number of para-hydroxylation sites is 1. The van der Waals surface area contributed by atoms with E-state index in [1.165, 1.54) is 30.3 Å². The van der Waals surface area contributed by atoms with Crippen LogP contribution in [0, 0.1) is 0 Å². The van der Waals surface area contributed by atoms with Gasteiger partial charge in [0.2, 0.25) is 5.89 Å². The standard InChI is InChI=1S/C22H16Cl2N4O5S/c1-32-18-5-3-2-4-16(18)22-27-26-21(33-22)14-8-6-13(7-9-14)20(29)25-28-34(30,31)19-11-10-15(23)12-17(19)24/h2-12,28H,1H3,(H,25,29). The molecule has 0 bridgehead atoms. The van der Waals surface area contributed by atoms with Gasteiger partial charge in [0.1, 0.15) is 10.6 Å². The Labute approximate surface area is 204 Å². The van der Waals surface area contributed by atoms with Gasteiger partial charge in [0.05, 0.1) is 17.7 Å². The van der Waals surface area contributed by atoms with Crippen LogP contribution in [0.3, 0.4) is 0 Å². The van der Waals surface area contributed by atoms with Gasteiger partial charge in [0, 0.05) is 16.1 Å². The van der Waals surface area contributed by atoms with E-state index in [1.807, 2.05) is 17.0 Å². The zero-order chi connectivity index (χ0) is 24.3. The van der Waals surface area contributed by atoms with Crippen molar-refractivity contribution < 1.29 is 22.4 Å². The molecule has 12 heteroatoms. The smallest absolute Gasteiger partial charge is 0.266 e. The molecule has 4 rings (SSSR count). The van der Waals surface area contributed by atoms with E-state index in [-0.39, 0.29) is 32.3 Å². The molecule has 0 radical (unpaired) electrons. The fraction of sp³-hybridized carbons (Fsp3) is 0.0455. The van der Waals surface area contributed by atoms with Crippen molar-refractivity contribution in [2.24, 2.45) is 0 Å². The first-order valence-electron chi connectivity index (χ1n) is 9.63. The number of rotatable bonds is 7. The fourth-order valence-corrected chi connectivity index (χ4v) is 4.58. The third kappa shape index (κ3) is 5.05. The zero-order valence-corrected chi connectivity index (χ0v) is 19.8. The van der Waals surface area contributed by atoms with Crippen molar-refractivity contribution in [2.45, 2.75) is 4.90 Å². The number of hydrogen-bond acceptors (Lipinski definition) is 7. The molecular formula is C22H16Cl2N4O5S. The molecule has 0 atom stereocenters. The van der Waals surface area contributed by atoms with Crippen molar-refractivity contribution in [1.29, 1.82) is 0 Å². The maximum Gasteiger partial charge on any atom is 0.266 e. The summed E-state index contributed by atoms with van der Waals surface area (Å²) in [5.41, 5.74) is 3.55. The average molecular weight is 519 g/mol. The molecule has 4 aromatic rings. The molecule has 0 spiro atoms. The van der Waals surface area contributed by atoms with E-state index in [0.29, 0.717) is 16.9 Å². The Kier molecular flexibility index (Phi) is 6.85. The third-order valence-electron chi connectivity index (χ3n) is 4.64. The van der Waals surface area contributed by atoms with Gasteiger partial charge in [0.15, 0.2) is 0 Å². The van der Waals surface area contributed by atoms with E-state index in [1.54, 1.807) is 31.4 Å². The summed E-state index contributed by atoms with van der Waals surface area (Å²) in [6.45, 7) is 0. The van der Waals surface area contributed by atoms with Crippen molar-refractivity contribution in [3.63, 3.8) is 0 Å². The number of ether oxygens (including phenoxy) is 1. The first-order chi connectivity index (χ1) is 16.3. The molecule has 34 heavy (non-hydrogen) atoms. The van der Waals surface area contributed by atoms with Gasteiger partial charge in [-0.25, -0.2) is 8.42 Å². The highest BCUT2D eigenvalue weighted by atomic mass is 35.5. The Balaban J connectivity index is 1.46. The summed E-state index contributed by atoms with van der Waals surface area (Å²) < 4.78 is 35.9. The van der Waals surface area contributed by atoms with Crippen LogP contribution in [-0.4, -0.2) is 31.6 Å². The van der Waals surface area contributed by atoms with Crippen LogP contribution in [0.4, 0.5) is 0 Å². The number of hydrogen-bond donors (Lipinski definition) is 2. The number of aromatic nitrogens is 2. The Bertz CT molecular complexity index is 1460. The van der Waals surface area contributed by atoms with Crippen LogP contribution in [0.1, 0.15) is 10.4 Å².